The van der Waals surface area contributed by atoms with Crippen LogP contribution < -0.4 is 40.9 Å². The van der Waals surface area contributed by atoms with Crippen molar-refractivity contribution in [1.82, 2.24) is 0 Å². The molecule has 0 saturated carbocycles. The normalized spacial score (nSPS) is 10.9. The summed E-state index contributed by atoms with van der Waals surface area (Å²) in [6.45, 7) is 33.5. The Hall–Kier alpha value is -5.49. The number of hydrogen-bond donors (Lipinski definition) is 4. The Morgan fingerprint density at radius 2 is 0.312 bits per heavy atom. The Morgan fingerprint density at radius 3 is 0.375 bits per heavy atom. The number of carboxylic acids is 8. The third-order valence-electron chi connectivity index (χ3n) is 13.6. The standard InChI is InChI=1S/4C16H22O4.4C2H6O.4Co/c4*1-15(2,13(17)18)9-11-6-5-7-12(8-11)10-16(3,4)14(19)20;4*1-2-3;;;;/h4*5-8H,9-10H2,1-4H3,(H,17,18)(H,19,20);4*3H,2H2,1H3;;;;/q;;;;;;;;4*+2/p-8. The molecule has 4 N–H and O–H groups in total. The van der Waals surface area contributed by atoms with Crippen molar-refractivity contribution in [3.63, 3.8) is 0 Å². The smallest absolute Gasteiger partial charge is 0.550 e. The van der Waals surface area contributed by atoms with Gasteiger partial charge in [-0.05, 0) is 124 Å². The summed E-state index contributed by atoms with van der Waals surface area (Å²) in [6, 6.07) is 29.3. The van der Waals surface area contributed by atoms with Crippen LogP contribution in [-0.2, 0) is 157 Å². The van der Waals surface area contributed by atoms with E-state index in [9.17, 15) is 79.2 Å². The maximum absolute atomic E-state index is 11.0. The molecule has 4 rings (SSSR count). The average molecular weight is 1530 g/mol. The number of aliphatic carboxylic acids is 8. The number of hydrogen-bond acceptors (Lipinski definition) is 20. The van der Waals surface area contributed by atoms with Crippen LogP contribution in [-0.4, -0.2) is 94.6 Å². The van der Waals surface area contributed by atoms with E-state index in [1.54, 1.807) is 163 Å². The van der Waals surface area contributed by atoms with Crippen LogP contribution in [0.15, 0.2) is 97.1 Å². The van der Waals surface area contributed by atoms with Gasteiger partial charge < -0.3 is 99.6 Å². The van der Waals surface area contributed by atoms with Gasteiger partial charge in [-0.3, -0.25) is 0 Å². The molecule has 0 spiro atoms. The van der Waals surface area contributed by atoms with Gasteiger partial charge in [-0.1, -0.05) is 208 Å². The minimum atomic E-state index is -1.10. The molecule has 0 aliphatic heterocycles. The summed E-state index contributed by atoms with van der Waals surface area (Å²) >= 11 is 0. The Bertz CT molecular complexity index is 2370. The van der Waals surface area contributed by atoms with Gasteiger partial charge in [-0.2, -0.15) is 0 Å². The van der Waals surface area contributed by atoms with Crippen molar-refractivity contribution in [2.75, 3.05) is 26.4 Å². The molecular formula is C72H104Co4O20. The van der Waals surface area contributed by atoms with Crippen molar-refractivity contribution in [2.24, 2.45) is 43.3 Å². The topological polar surface area (TPSA) is 402 Å². The van der Waals surface area contributed by atoms with Gasteiger partial charge in [0.15, 0.2) is 0 Å². The van der Waals surface area contributed by atoms with E-state index in [0.29, 0.717) is 51.4 Å². The van der Waals surface area contributed by atoms with Crippen LogP contribution in [0.2, 0.25) is 0 Å². The van der Waals surface area contributed by atoms with E-state index >= 15 is 0 Å². The summed E-state index contributed by atoms with van der Waals surface area (Å²) in [5.74, 6) is -8.79. The van der Waals surface area contributed by atoms with E-state index in [1.165, 1.54) is 0 Å². The Kier molecular flexibility index (Phi) is 55.4. The third kappa shape index (κ3) is 45.2. The van der Waals surface area contributed by atoms with Crippen molar-refractivity contribution >= 4 is 47.8 Å². The molecule has 0 aromatic heterocycles. The molecule has 4 aromatic rings. The number of aliphatic hydroxyl groups excluding tert-OH is 4. The molecule has 0 heterocycles. The summed E-state index contributed by atoms with van der Waals surface area (Å²) in [5.41, 5.74) is -0.826. The average Bonchev–Trinajstić information content (AvgIpc) is 3.39. The van der Waals surface area contributed by atoms with Crippen molar-refractivity contribution in [3.05, 3.63) is 142 Å². The molecule has 0 aliphatic rings. The molecule has 548 valence electrons. The molecule has 20 nitrogen and oxygen atoms in total. The van der Waals surface area contributed by atoms with Gasteiger partial charge in [0.05, 0.1) is 0 Å². The van der Waals surface area contributed by atoms with E-state index in [0.717, 1.165) is 44.5 Å². The molecule has 0 fully saturated rings. The minimum absolute atomic E-state index is 0. The summed E-state index contributed by atoms with van der Waals surface area (Å²) < 4.78 is 0. The van der Waals surface area contributed by atoms with Crippen LogP contribution in [0.25, 0.3) is 0 Å². The van der Waals surface area contributed by atoms with Gasteiger partial charge >= 0.3 is 67.1 Å². The molecule has 24 heteroatoms. The van der Waals surface area contributed by atoms with Crippen LogP contribution >= 0.6 is 0 Å². The fourth-order valence-electron chi connectivity index (χ4n) is 8.06. The van der Waals surface area contributed by atoms with Crippen LogP contribution in [0.3, 0.4) is 0 Å². The predicted octanol–water partition coefficient (Wildman–Crippen LogP) is 1.28. The first kappa shape index (κ1) is 107. The number of rotatable bonds is 24. The predicted molar refractivity (Wildman–Crippen MR) is 337 cm³/mol. The van der Waals surface area contributed by atoms with E-state index in [2.05, 4.69) is 0 Å². The largest absolute Gasteiger partial charge is 2.00 e. The SMILES string of the molecule is CC(C)(Cc1cccc(CC(C)(C)C(=O)[O-])c1)C(=O)[O-].CC(C)(Cc1cccc(CC(C)(C)C(=O)[O-])c1)C(=O)[O-].CC(C)(Cc1cccc(CC(C)(C)C(=O)[O-])c1)C(=O)[O-].CC(C)(Cc1cccc(CC(C)(C)C(=O)[O-])c1)C(=O)[O-].CCO.CCO.CCO.CCO.[Co+2].[Co+2].[Co+2].[Co+2]. The zero-order valence-corrected chi connectivity index (χ0v) is 63.5. The maximum Gasteiger partial charge on any atom is 2.00 e. The van der Waals surface area contributed by atoms with Gasteiger partial charge in [-0.15, -0.1) is 0 Å². The first-order chi connectivity index (χ1) is 41.8. The van der Waals surface area contributed by atoms with E-state index in [-0.39, 0.29) is 93.5 Å². The molecule has 0 unspecified atom stereocenters. The van der Waals surface area contributed by atoms with Crippen molar-refractivity contribution < 1.29 is 167 Å². The number of aliphatic hydroxyl groups is 4. The summed E-state index contributed by atoms with van der Waals surface area (Å²) in [5, 5.41) is 119. The van der Waals surface area contributed by atoms with Crippen LogP contribution in [0, 0.1) is 43.3 Å². The molecule has 4 aromatic carbocycles. The zero-order chi connectivity index (χ0) is 73.0. The van der Waals surface area contributed by atoms with Crippen LogP contribution in [0.1, 0.15) is 183 Å². The third-order valence-corrected chi connectivity index (χ3v) is 13.6. The number of carbonyl (C=O) groups excluding carboxylic acids is 8. The van der Waals surface area contributed by atoms with Crippen molar-refractivity contribution in [1.29, 1.82) is 0 Å². The second-order valence-corrected chi connectivity index (χ2v) is 27.3. The molecule has 0 aliphatic carbocycles. The summed E-state index contributed by atoms with van der Waals surface area (Å²) in [4.78, 5) is 88.3. The fourth-order valence-corrected chi connectivity index (χ4v) is 8.06. The van der Waals surface area contributed by atoms with Gasteiger partial charge in [0.2, 0.25) is 0 Å². The zero-order valence-electron chi connectivity index (χ0n) is 59.4. The molecule has 4 radical (unpaired) electrons. The number of carboxylic acid groups (broad SMARTS) is 8. The molecule has 0 saturated heterocycles. The maximum atomic E-state index is 11.0. The Balaban J connectivity index is -0.000000167. The first-order valence-electron chi connectivity index (χ1n) is 30.3. The van der Waals surface area contributed by atoms with Gasteiger partial charge in [0.25, 0.3) is 0 Å². The summed E-state index contributed by atoms with van der Waals surface area (Å²) in [6.07, 6.45) is 2.74. The van der Waals surface area contributed by atoms with Crippen LogP contribution in [0.5, 0.6) is 0 Å². The minimum Gasteiger partial charge on any atom is -0.550 e. The van der Waals surface area contributed by atoms with Crippen molar-refractivity contribution in [2.45, 2.75) is 190 Å². The summed E-state index contributed by atoms with van der Waals surface area (Å²) in [7, 11) is 0. The fraction of sp³-hybridized carbons (Fsp3) is 0.556. The second-order valence-electron chi connectivity index (χ2n) is 27.3. The van der Waals surface area contributed by atoms with E-state index in [1.807, 2.05) is 72.8 Å². The Morgan fingerprint density at radius 1 is 0.240 bits per heavy atom. The van der Waals surface area contributed by atoms with E-state index in [4.69, 9.17) is 20.4 Å². The second kappa shape index (κ2) is 49.9. The van der Waals surface area contributed by atoms with Crippen LogP contribution in [0.4, 0.5) is 0 Å². The number of benzene rings is 4. The molecular weight excluding hydrogens is 1420 g/mol. The Labute approximate surface area is 611 Å². The van der Waals surface area contributed by atoms with Gasteiger partial charge in [-0.25, -0.2) is 0 Å². The number of carbonyl (C=O) groups is 8. The van der Waals surface area contributed by atoms with E-state index < -0.39 is 91.1 Å². The van der Waals surface area contributed by atoms with Gasteiger partial charge in [0, 0.05) is 118 Å². The van der Waals surface area contributed by atoms with Crippen molar-refractivity contribution in [3.8, 4) is 0 Å². The monoisotopic (exact) mass is 1520 g/mol. The molecule has 96 heavy (non-hydrogen) atoms. The molecule has 0 atom stereocenters. The van der Waals surface area contributed by atoms with Gasteiger partial charge in [0.1, 0.15) is 0 Å². The molecule has 0 bridgehead atoms. The first-order valence-corrected chi connectivity index (χ1v) is 30.3. The molecule has 0 amide bonds. The quantitative estimate of drug-likeness (QED) is 0.0767.